The molecule has 0 aliphatic carbocycles. The second kappa shape index (κ2) is 4.24. The lowest BCUT2D eigenvalue weighted by Gasteiger charge is -2.13. The Bertz CT molecular complexity index is 155. The van der Waals surface area contributed by atoms with Gasteiger partial charge in [-0.25, -0.2) is 4.79 Å². The summed E-state index contributed by atoms with van der Waals surface area (Å²) in [6.07, 6.45) is 0.425. The molecule has 0 saturated carbocycles. The quantitative estimate of drug-likeness (QED) is 0.322. The summed E-state index contributed by atoms with van der Waals surface area (Å²) in [5.74, 6) is -0.706. The number of carbonyl (C=O) groups is 1. The molecule has 0 amide bonds. The first-order valence-corrected chi connectivity index (χ1v) is 4.82. The molecule has 11 heavy (non-hydrogen) atoms. The number of esters is 1. The van der Waals surface area contributed by atoms with E-state index in [0.717, 1.165) is 13.2 Å². The first-order valence-electron chi connectivity index (χ1n) is 2.81. The molecule has 0 spiro atoms. The van der Waals surface area contributed by atoms with Crippen LogP contribution in [-0.2, 0) is 14.0 Å². The van der Waals surface area contributed by atoms with Gasteiger partial charge in [-0.1, -0.05) is 6.58 Å². The number of hydrogen-bond donors (Lipinski definition) is 2. The SMILES string of the molecule is C=CC(=O)OC[Si](O)(O)OC. The molecule has 0 fully saturated rings. The Kier molecular flexibility index (Phi) is 3.97. The summed E-state index contributed by atoms with van der Waals surface area (Å²) in [7, 11) is -2.61. The van der Waals surface area contributed by atoms with Crippen LogP contribution in [0.5, 0.6) is 0 Å². The van der Waals surface area contributed by atoms with E-state index in [0.29, 0.717) is 0 Å². The van der Waals surface area contributed by atoms with Gasteiger partial charge in [0, 0.05) is 13.2 Å². The fourth-order valence-electron chi connectivity index (χ4n) is 0.283. The highest BCUT2D eigenvalue weighted by molar-refractivity contribution is 6.57. The molecule has 0 aromatic heterocycles. The molecule has 6 heteroatoms. The Labute approximate surface area is 65.2 Å². The van der Waals surface area contributed by atoms with Crippen molar-refractivity contribution < 1.29 is 23.5 Å². The zero-order chi connectivity index (χ0) is 8.91. The Morgan fingerprint density at radius 2 is 2.27 bits per heavy atom. The summed E-state index contributed by atoms with van der Waals surface area (Å²) in [5.41, 5.74) is 0. The minimum Gasteiger partial charge on any atom is -0.458 e. The van der Waals surface area contributed by atoms with Crippen molar-refractivity contribution in [3.63, 3.8) is 0 Å². The average Bonchev–Trinajstić information content (AvgIpc) is 2.00. The smallest absolute Gasteiger partial charge is 0.458 e. The van der Waals surface area contributed by atoms with Crippen LogP contribution in [0.1, 0.15) is 0 Å². The topological polar surface area (TPSA) is 76.0 Å². The maximum absolute atomic E-state index is 10.4. The number of rotatable bonds is 4. The summed E-state index contributed by atoms with van der Waals surface area (Å²) in [4.78, 5) is 28.0. The normalized spacial score (nSPS) is 10.8. The minimum atomic E-state index is -3.75. The van der Waals surface area contributed by atoms with Crippen LogP contribution < -0.4 is 0 Å². The van der Waals surface area contributed by atoms with Crippen LogP contribution >= 0.6 is 0 Å². The average molecular weight is 178 g/mol. The lowest BCUT2D eigenvalue weighted by molar-refractivity contribution is -0.137. The van der Waals surface area contributed by atoms with Gasteiger partial charge in [0.15, 0.2) is 6.23 Å². The van der Waals surface area contributed by atoms with E-state index in [-0.39, 0.29) is 0 Å². The van der Waals surface area contributed by atoms with Gasteiger partial charge in [0.05, 0.1) is 0 Å². The molecule has 0 rings (SSSR count). The van der Waals surface area contributed by atoms with E-state index in [1.54, 1.807) is 0 Å². The maximum atomic E-state index is 10.4. The Morgan fingerprint density at radius 1 is 1.73 bits per heavy atom. The lowest BCUT2D eigenvalue weighted by atomic mass is 10.7. The largest absolute Gasteiger partial charge is 0.535 e. The van der Waals surface area contributed by atoms with Crippen molar-refractivity contribution in [1.82, 2.24) is 0 Å². The molecule has 0 bridgehead atoms. The molecule has 0 heterocycles. The fraction of sp³-hybridized carbons (Fsp3) is 0.400. The molecule has 0 radical (unpaired) electrons. The standard InChI is InChI=1S/C5H10O5Si/c1-3-5(6)10-4-11(7,8)9-2/h3,7-8H,1,4H2,2H3. The fourth-order valence-corrected chi connectivity index (χ4v) is 0.731. The van der Waals surface area contributed by atoms with Crippen molar-refractivity contribution in [3.8, 4) is 0 Å². The molecule has 0 aliphatic rings. The van der Waals surface area contributed by atoms with Crippen molar-refractivity contribution in [2.45, 2.75) is 0 Å². The molecular weight excluding hydrogens is 168 g/mol. The van der Waals surface area contributed by atoms with Crippen LogP contribution in [0, 0.1) is 0 Å². The Hall–Kier alpha value is -0.693. The van der Waals surface area contributed by atoms with Gasteiger partial charge in [-0.3, -0.25) is 0 Å². The van der Waals surface area contributed by atoms with Gasteiger partial charge in [-0.2, -0.15) is 0 Å². The summed E-state index contributed by atoms with van der Waals surface area (Å²) in [6, 6.07) is 0. The van der Waals surface area contributed by atoms with Crippen molar-refractivity contribution in [1.29, 1.82) is 0 Å². The lowest BCUT2D eigenvalue weighted by Crippen LogP contribution is -2.44. The molecule has 64 valence electrons. The van der Waals surface area contributed by atoms with Crippen molar-refractivity contribution in [2.24, 2.45) is 0 Å². The third-order valence-electron chi connectivity index (χ3n) is 0.896. The van der Waals surface area contributed by atoms with E-state index in [1.807, 2.05) is 0 Å². The molecule has 0 aromatic carbocycles. The van der Waals surface area contributed by atoms with Gasteiger partial charge >= 0.3 is 14.8 Å². The third kappa shape index (κ3) is 4.68. The van der Waals surface area contributed by atoms with Crippen LogP contribution in [0.2, 0.25) is 0 Å². The summed E-state index contributed by atoms with van der Waals surface area (Å²) < 4.78 is 8.60. The molecular formula is C5H10O5Si. The predicted octanol–water partition coefficient (Wildman–Crippen LogP) is -1.18. The van der Waals surface area contributed by atoms with Crippen LogP contribution in [0.15, 0.2) is 12.7 Å². The zero-order valence-corrected chi connectivity index (χ0v) is 7.11. The van der Waals surface area contributed by atoms with Crippen molar-refractivity contribution >= 4 is 14.8 Å². The molecule has 0 aliphatic heterocycles. The van der Waals surface area contributed by atoms with Crippen LogP contribution in [0.25, 0.3) is 0 Å². The highest BCUT2D eigenvalue weighted by atomic mass is 28.4. The van der Waals surface area contributed by atoms with E-state index in [4.69, 9.17) is 9.59 Å². The highest BCUT2D eigenvalue weighted by Crippen LogP contribution is 1.94. The number of ether oxygens (including phenoxy) is 1. The monoisotopic (exact) mass is 178 g/mol. The predicted molar refractivity (Wildman–Crippen MR) is 38.4 cm³/mol. The van der Waals surface area contributed by atoms with E-state index in [9.17, 15) is 4.79 Å². The molecule has 0 aromatic rings. The first-order chi connectivity index (χ1) is 5.02. The van der Waals surface area contributed by atoms with Crippen LogP contribution in [-0.4, -0.2) is 37.7 Å². The van der Waals surface area contributed by atoms with E-state index in [1.165, 1.54) is 0 Å². The van der Waals surface area contributed by atoms with Gasteiger partial charge in [0.25, 0.3) is 0 Å². The van der Waals surface area contributed by atoms with Crippen molar-refractivity contribution in [2.75, 3.05) is 13.3 Å². The van der Waals surface area contributed by atoms with Gasteiger partial charge in [-0.05, 0) is 0 Å². The minimum absolute atomic E-state index is 0.506. The van der Waals surface area contributed by atoms with Crippen LogP contribution in [0.3, 0.4) is 0 Å². The molecule has 2 N–H and O–H groups in total. The molecule has 0 saturated heterocycles. The second-order valence-corrected chi connectivity index (χ2v) is 3.94. The Balaban J connectivity index is 3.69. The van der Waals surface area contributed by atoms with Crippen molar-refractivity contribution in [3.05, 3.63) is 12.7 Å². The summed E-state index contributed by atoms with van der Waals surface area (Å²) in [6.45, 7) is 3.12. The maximum Gasteiger partial charge on any atom is 0.535 e. The van der Waals surface area contributed by atoms with Gasteiger partial charge in [0.1, 0.15) is 0 Å². The third-order valence-corrected chi connectivity index (χ3v) is 2.07. The van der Waals surface area contributed by atoms with E-state index >= 15 is 0 Å². The molecule has 0 unspecified atom stereocenters. The number of carbonyl (C=O) groups excluding carboxylic acids is 1. The molecule has 5 nitrogen and oxygen atoms in total. The van der Waals surface area contributed by atoms with E-state index < -0.39 is 21.0 Å². The van der Waals surface area contributed by atoms with Gasteiger partial charge in [-0.15, -0.1) is 0 Å². The molecule has 0 atom stereocenters. The second-order valence-electron chi connectivity index (χ2n) is 1.76. The van der Waals surface area contributed by atoms with E-state index in [2.05, 4.69) is 15.7 Å². The highest BCUT2D eigenvalue weighted by Gasteiger charge is 2.32. The first kappa shape index (κ1) is 10.3. The number of hydrogen-bond acceptors (Lipinski definition) is 5. The summed E-state index contributed by atoms with van der Waals surface area (Å²) >= 11 is 0. The summed E-state index contributed by atoms with van der Waals surface area (Å²) in [5, 5.41) is 0. The Morgan fingerprint density at radius 3 is 2.64 bits per heavy atom. The van der Waals surface area contributed by atoms with Crippen LogP contribution in [0.4, 0.5) is 0 Å². The zero-order valence-electron chi connectivity index (χ0n) is 6.11. The van der Waals surface area contributed by atoms with Gasteiger partial charge in [0.2, 0.25) is 0 Å². The van der Waals surface area contributed by atoms with Gasteiger partial charge < -0.3 is 18.8 Å².